The first-order valence-electron chi connectivity index (χ1n) is 5.59. The summed E-state index contributed by atoms with van der Waals surface area (Å²) in [5, 5.41) is 3.49. The lowest BCUT2D eigenvalue weighted by Crippen LogP contribution is -2.38. The minimum atomic E-state index is 0.162. The van der Waals surface area contributed by atoms with Crippen LogP contribution in [0.4, 0.5) is 0 Å². The van der Waals surface area contributed by atoms with E-state index in [2.05, 4.69) is 38.0 Å². The van der Waals surface area contributed by atoms with Crippen molar-refractivity contribution >= 4 is 11.3 Å². The van der Waals surface area contributed by atoms with Crippen molar-refractivity contribution in [2.75, 3.05) is 13.7 Å². The van der Waals surface area contributed by atoms with Crippen molar-refractivity contribution in [2.24, 2.45) is 5.41 Å². The van der Waals surface area contributed by atoms with Gasteiger partial charge in [-0.2, -0.15) is 0 Å². The second-order valence-electron chi connectivity index (χ2n) is 5.12. The van der Waals surface area contributed by atoms with Crippen LogP contribution in [0.25, 0.3) is 0 Å². The molecule has 1 heterocycles. The number of methoxy groups -OCH3 is 1. The van der Waals surface area contributed by atoms with Gasteiger partial charge >= 0.3 is 0 Å². The van der Waals surface area contributed by atoms with Crippen LogP contribution in [0.5, 0.6) is 0 Å². The molecule has 1 N–H and O–H groups in total. The monoisotopic (exact) mass is 242 g/mol. The minimum Gasteiger partial charge on any atom is -0.380 e. The number of nitrogens with one attached hydrogen (secondary N) is 1. The highest BCUT2D eigenvalue weighted by Crippen LogP contribution is 2.22. The number of ether oxygens (including phenoxy) is 1. The fourth-order valence-electron chi connectivity index (χ4n) is 1.57. The van der Waals surface area contributed by atoms with Crippen LogP contribution >= 0.6 is 11.3 Å². The molecular formula is C12H22N2OS. The largest absolute Gasteiger partial charge is 0.380 e. The fraction of sp³-hybridized carbons (Fsp3) is 0.750. The van der Waals surface area contributed by atoms with E-state index in [-0.39, 0.29) is 11.5 Å². The van der Waals surface area contributed by atoms with Gasteiger partial charge in [0.15, 0.2) is 0 Å². The Kier molecular flexibility index (Phi) is 4.89. The standard InChI is InChI=1S/C12H22N2OS/c1-9(10-6-13-8-16-10)14-7-11(15-5)12(2,3)4/h6,8-9,11,14H,7H2,1-5H3. The maximum absolute atomic E-state index is 5.51. The third-order valence-electron chi connectivity index (χ3n) is 2.74. The summed E-state index contributed by atoms with van der Waals surface area (Å²) in [4.78, 5) is 5.35. The third kappa shape index (κ3) is 3.85. The predicted molar refractivity (Wildman–Crippen MR) is 68.8 cm³/mol. The Morgan fingerprint density at radius 2 is 2.19 bits per heavy atom. The lowest BCUT2D eigenvalue weighted by atomic mass is 9.89. The van der Waals surface area contributed by atoms with Gasteiger partial charge in [-0.15, -0.1) is 11.3 Å². The zero-order valence-corrected chi connectivity index (χ0v) is 11.6. The molecule has 2 unspecified atom stereocenters. The molecule has 0 bridgehead atoms. The molecule has 4 heteroatoms. The molecule has 0 saturated heterocycles. The zero-order chi connectivity index (χ0) is 12.2. The summed E-state index contributed by atoms with van der Waals surface area (Å²) in [7, 11) is 1.77. The highest BCUT2D eigenvalue weighted by molar-refractivity contribution is 7.09. The maximum Gasteiger partial charge on any atom is 0.0794 e. The molecule has 0 aliphatic heterocycles. The van der Waals surface area contributed by atoms with E-state index in [0.717, 1.165) is 6.54 Å². The molecule has 3 nitrogen and oxygen atoms in total. The van der Waals surface area contributed by atoms with Crippen molar-refractivity contribution in [3.63, 3.8) is 0 Å². The molecule has 0 spiro atoms. The number of thiazole rings is 1. The average Bonchev–Trinajstić information content (AvgIpc) is 2.68. The molecule has 1 aromatic rings. The number of aromatic nitrogens is 1. The van der Waals surface area contributed by atoms with Crippen LogP contribution in [0.3, 0.4) is 0 Å². The number of hydrogen-bond donors (Lipinski definition) is 1. The van der Waals surface area contributed by atoms with Crippen molar-refractivity contribution in [3.8, 4) is 0 Å². The Hall–Kier alpha value is -0.450. The van der Waals surface area contributed by atoms with Crippen LogP contribution < -0.4 is 5.32 Å². The molecule has 0 aliphatic carbocycles. The first-order chi connectivity index (χ1) is 7.45. The van der Waals surface area contributed by atoms with Gasteiger partial charge in [-0.1, -0.05) is 20.8 Å². The highest BCUT2D eigenvalue weighted by Gasteiger charge is 2.24. The molecule has 92 valence electrons. The summed E-state index contributed by atoms with van der Waals surface area (Å²) in [5.41, 5.74) is 2.03. The molecule has 2 atom stereocenters. The number of hydrogen-bond acceptors (Lipinski definition) is 4. The number of rotatable bonds is 5. The Labute approximate surface area is 102 Å². The van der Waals surface area contributed by atoms with Gasteiger partial charge in [-0.3, -0.25) is 4.98 Å². The van der Waals surface area contributed by atoms with E-state index in [4.69, 9.17) is 4.74 Å². The summed E-state index contributed by atoms with van der Waals surface area (Å²) in [6.45, 7) is 9.60. The second-order valence-corrected chi connectivity index (χ2v) is 6.04. The van der Waals surface area contributed by atoms with Crippen LogP contribution in [0.1, 0.15) is 38.6 Å². The third-order valence-corrected chi connectivity index (χ3v) is 3.70. The van der Waals surface area contributed by atoms with E-state index < -0.39 is 0 Å². The molecule has 1 aromatic heterocycles. The highest BCUT2D eigenvalue weighted by atomic mass is 32.1. The quantitative estimate of drug-likeness (QED) is 0.862. The summed E-state index contributed by atoms with van der Waals surface area (Å²) in [5.74, 6) is 0. The van der Waals surface area contributed by atoms with E-state index in [0.29, 0.717) is 6.04 Å². The smallest absolute Gasteiger partial charge is 0.0794 e. The molecule has 0 fully saturated rings. The molecule has 1 rings (SSSR count). The lowest BCUT2D eigenvalue weighted by Gasteiger charge is -2.30. The minimum absolute atomic E-state index is 0.162. The Bertz CT molecular complexity index is 292. The SMILES string of the molecule is COC(CNC(C)c1cncs1)C(C)(C)C. The van der Waals surface area contributed by atoms with Gasteiger partial charge in [0.1, 0.15) is 0 Å². The van der Waals surface area contributed by atoms with E-state index >= 15 is 0 Å². The van der Waals surface area contributed by atoms with Crippen molar-refractivity contribution in [3.05, 3.63) is 16.6 Å². The first kappa shape index (κ1) is 13.6. The molecule has 16 heavy (non-hydrogen) atoms. The topological polar surface area (TPSA) is 34.1 Å². The van der Waals surface area contributed by atoms with E-state index in [1.54, 1.807) is 18.4 Å². The fourth-order valence-corrected chi connectivity index (χ4v) is 2.22. The molecule has 0 aliphatic rings. The molecule has 0 saturated carbocycles. The van der Waals surface area contributed by atoms with Gasteiger partial charge < -0.3 is 10.1 Å². The van der Waals surface area contributed by atoms with Gasteiger partial charge in [0, 0.05) is 30.8 Å². The molecular weight excluding hydrogens is 220 g/mol. The van der Waals surface area contributed by atoms with Crippen molar-refractivity contribution in [1.29, 1.82) is 0 Å². The van der Waals surface area contributed by atoms with Gasteiger partial charge in [-0.05, 0) is 12.3 Å². The van der Waals surface area contributed by atoms with Crippen LogP contribution in [-0.2, 0) is 4.74 Å². The van der Waals surface area contributed by atoms with Crippen LogP contribution in [0.15, 0.2) is 11.7 Å². The average molecular weight is 242 g/mol. The Balaban J connectivity index is 2.44. The van der Waals surface area contributed by atoms with Crippen molar-refractivity contribution in [1.82, 2.24) is 10.3 Å². The van der Waals surface area contributed by atoms with Crippen LogP contribution in [-0.4, -0.2) is 24.7 Å². The van der Waals surface area contributed by atoms with E-state index in [1.165, 1.54) is 4.88 Å². The van der Waals surface area contributed by atoms with Gasteiger partial charge in [-0.25, -0.2) is 0 Å². The molecule has 0 aromatic carbocycles. The van der Waals surface area contributed by atoms with E-state index in [1.807, 2.05) is 11.7 Å². The lowest BCUT2D eigenvalue weighted by molar-refractivity contribution is 0.0160. The van der Waals surface area contributed by atoms with Gasteiger partial charge in [0.2, 0.25) is 0 Å². The predicted octanol–water partition coefficient (Wildman–Crippen LogP) is 2.85. The summed E-state index contributed by atoms with van der Waals surface area (Å²) >= 11 is 1.68. The first-order valence-corrected chi connectivity index (χ1v) is 6.47. The molecule has 0 radical (unpaired) electrons. The maximum atomic E-state index is 5.51. The zero-order valence-electron chi connectivity index (χ0n) is 10.8. The van der Waals surface area contributed by atoms with Gasteiger partial charge in [0.05, 0.1) is 11.6 Å². The van der Waals surface area contributed by atoms with E-state index in [9.17, 15) is 0 Å². The summed E-state index contributed by atoms with van der Waals surface area (Å²) in [6, 6.07) is 0.340. The Morgan fingerprint density at radius 3 is 2.62 bits per heavy atom. The summed E-state index contributed by atoms with van der Waals surface area (Å²) < 4.78 is 5.51. The van der Waals surface area contributed by atoms with Crippen molar-refractivity contribution in [2.45, 2.75) is 39.8 Å². The van der Waals surface area contributed by atoms with Crippen LogP contribution in [0, 0.1) is 5.41 Å². The normalized spacial score (nSPS) is 16.1. The molecule has 0 amide bonds. The van der Waals surface area contributed by atoms with Crippen molar-refractivity contribution < 1.29 is 4.74 Å². The second kappa shape index (κ2) is 5.75. The van der Waals surface area contributed by atoms with Crippen LogP contribution in [0.2, 0.25) is 0 Å². The number of nitrogens with zero attached hydrogens (tertiary/aromatic N) is 1. The Morgan fingerprint density at radius 1 is 1.50 bits per heavy atom. The summed E-state index contributed by atoms with van der Waals surface area (Å²) in [6.07, 6.45) is 2.14. The van der Waals surface area contributed by atoms with Gasteiger partial charge in [0.25, 0.3) is 0 Å².